The lowest BCUT2D eigenvalue weighted by atomic mass is 9.93. The summed E-state index contributed by atoms with van der Waals surface area (Å²) in [5.74, 6) is 0.901. The Labute approximate surface area is 229 Å². The summed E-state index contributed by atoms with van der Waals surface area (Å²) in [5, 5.41) is 9.40. The monoisotopic (exact) mass is 511 g/mol. The fourth-order valence-electron chi connectivity index (χ4n) is 5.71. The van der Waals surface area contributed by atoms with Crippen molar-refractivity contribution in [3.63, 3.8) is 0 Å². The third-order valence-corrected chi connectivity index (χ3v) is 7.51. The lowest BCUT2D eigenvalue weighted by Crippen LogP contribution is -2.00. The van der Waals surface area contributed by atoms with Crippen LogP contribution in [0.15, 0.2) is 128 Å². The van der Waals surface area contributed by atoms with Crippen molar-refractivity contribution >= 4 is 43.1 Å². The summed E-state index contributed by atoms with van der Waals surface area (Å²) in [5.41, 5.74) is 3.72. The van der Waals surface area contributed by atoms with E-state index >= 15 is 0 Å². The van der Waals surface area contributed by atoms with Gasteiger partial charge < -0.3 is 0 Å². The Morgan fingerprint density at radius 1 is 0.375 bits per heavy atom. The molecule has 0 bridgehead atoms. The zero-order valence-corrected chi connectivity index (χ0v) is 21.4. The second-order valence-corrected chi connectivity index (χ2v) is 9.81. The maximum Gasteiger partial charge on any atom is 0.200 e. The Morgan fingerprint density at radius 3 is 1.30 bits per heavy atom. The highest BCUT2D eigenvalue weighted by atomic mass is 15.0. The number of hydrogen-bond acceptors (Lipinski definition) is 5. The van der Waals surface area contributed by atoms with Crippen LogP contribution in [0.25, 0.3) is 77.3 Å². The third-order valence-electron chi connectivity index (χ3n) is 7.51. The van der Waals surface area contributed by atoms with Crippen molar-refractivity contribution in [1.82, 2.24) is 24.9 Å². The van der Waals surface area contributed by atoms with E-state index in [1.807, 2.05) is 0 Å². The Morgan fingerprint density at radius 2 is 0.800 bits per heavy atom. The Kier molecular flexibility index (Phi) is 5.07. The Bertz CT molecular complexity index is 2090. The number of hydrogen-bond donors (Lipinski definition) is 0. The van der Waals surface area contributed by atoms with Crippen LogP contribution in [0.1, 0.15) is 0 Å². The van der Waals surface area contributed by atoms with E-state index in [4.69, 9.17) is 9.97 Å². The molecule has 0 atom stereocenters. The van der Waals surface area contributed by atoms with Gasteiger partial charge in [-0.3, -0.25) is 0 Å². The molecule has 0 N–H and O–H groups in total. The van der Waals surface area contributed by atoms with E-state index in [1.54, 1.807) is 0 Å². The predicted molar refractivity (Wildman–Crippen MR) is 162 cm³/mol. The molecule has 2 aromatic heterocycles. The zero-order valence-electron chi connectivity index (χ0n) is 21.4. The minimum absolute atomic E-state index is 0.438. The van der Waals surface area contributed by atoms with Gasteiger partial charge in [0.05, 0.1) is 11.4 Å². The van der Waals surface area contributed by atoms with Crippen molar-refractivity contribution in [2.24, 2.45) is 0 Å². The molecular formula is C35H21N5. The summed E-state index contributed by atoms with van der Waals surface area (Å²) in [6, 6.07) is 40.5. The fourth-order valence-corrected chi connectivity index (χ4v) is 5.71. The lowest BCUT2D eigenvalue weighted by Gasteiger charge is -2.14. The smallest absolute Gasteiger partial charge is 0.200 e. The molecule has 0 amide bonds. The molecule has 5 heteroatoms. The third kappa shape index (κ3) is 3.60. The molecule has 0 saturated carbocycles. The molecule has 0 fully saturated rings. The first kappa shape index (κ1) is 22.4. The SMILES string of the molecule is c1ccc2c(c1)cc(-c1cc(-c3cc4ccccc4c4ccccc34)nc(-c3ncncn3)n1)c1ccccc12. The van der Waals surface area contributed by atoms with E-state index in [9.17, 15) is 0 Å². The van der Waals surface area contributed by atoms with E-state index < -0.39 is 0 Å². The minimum Gasteiger partial charge on any atom is -0.225 e. The molecule has 2 heterocycles. The van der Waals surface area contributed by atoms with Crippen LogP contribution in [0.4, 0.5) is 0 Å². The van der Waals surface area contributed by atoms with Crippen molar-refractivity contribution in [3.05, 3.63) is 128 Å². The van der Waals surface area contributed by atoms with Crippen molar-refractivity contribution in [1.29, 1.82) is 0 Å². The van der Waals surface area contributed by atoms with Gasteiger partial charge in [-0.25, -0.2) is 24.9 Å². The predicted octanol–water partition coefficient (Wildman–Crippen LogP) is 8.28. The zero-order chi connectivity index (χ0) is 26.5. The molecule has 8 aromatic rings. The Balaban J connectivity index is 1.47. The number of benzene rings is 6. The molecule has 40 heavy (non-hydrogen) atoms. The molecule has 0 unspecified atom stereocenters. The molecule has 6 aromatic carbocycles. The van der Waals surface area contributed by atoms with Gasteiger partial charge in [0.25, 0.3) is 0 Å². The largest absolute Gasteiger partial charge is 0.225 e. The van der Waals surface area contributed by atoms with Crippen LogP contribution >= 0.6 is 0 Å². The van der Waals surface area contributed by atoms with Gasteiger partial charge in [0.2, 0.25) is 5.82 Å². The van der Waals surface area contributed by atoms with E-state index in [2.05, 4.69) is 130 Å². The van der Waals surface area contributed by atoms with E-state index in [1.165, 1.54) is 34.2 Å². The van der Waals surface area contributed by atoms with Gasteiger partial charge in [-0.1, -0.05) is 97.1 Å². The highest BCUT2D eigenvalue weighted by Gasteiger charge is 2.17. The van der Waals surface area contributed by atoms with Crippen LogP contribution in [0.5, 0.6) is 0 Å². The first-order chi connectivity index (χ1) is 19.8. The van der Waals surface area contributed by atoms with Crippen LogP contribution < -0.4 is 0 Å². The summed E-state index contributed by atoms with van der Waals surface area (Å²) in [7, 11) is 0. The molecule has 0 saturated heterocycles. The summed E-state index contributed by atoms with van der Waals surface area (Å²) in [4.78, 5) is 22.9. The summed E-state index contributed by atoms with van der Waals surface area (Å²) in [6.07, 6.45) is 2.96. The molecule has 0 aliphatic carbocycles. The summed E-state index contributed by atoms with van der Waals surface area (Å²) < 4.78 is 0. The molecule has 0 spiro atoms. The fraction of sp³-hybridized carbons (Fsp3) is 0. The topological polar surface area (TPSA) is 64.5 Å². The first-order valence-corrected chi connectivity index (χ1v) is 13.2. The lowest BCUT2D eigenvalue weighted by molar-refractivity contribution is 1.02. The van der Waals surface area contributed by atoms with Crippen LogP contribution in [0.2, 0.25) is 0 Å². The van der Waals surface area contributed by atoms with Gasteiger partial charge in [0.1, 0.15) is 12.7 Å². The Hall–Kier alpha value is -5.55. The van der Waals surface area contributed by atoms with Gasteiger partial charge in [-0.2, -0.15) is 0 Å². The highest BCUT2D eigenvalue weighted by Crippen LogP contribution is 2.38. The number of aromatic nitrogens is 5. The quantitative estimate of drug-likeness (QED) is 0.223. The molecule has 0 aliphatic rings. The second-order valence-electron chi connectivity index (χ2n) is 9.81. The molecule has 0 radical (unpaired) electrons. The molecular weight excluding hydrogens is 490 g/mol. The normalized spacial score (nSPS) is 11.5. The molecule has 5 nitrogen and oxygen atoms in total. The average Bonchev–Trinajstić information content (AvgIpc) is 3.04. The van der Waals surface area contributed by atoms with E-state index in [-0.39, 0.29) is 0 Å². The van der Waals surface area contributed by atoms with Gasteiger partial charge in [0, 0.05) is 11.1 Å². The van der Waals surface area contributed by atoms with Gasteiger partial charge in [0.15, 0.2) is 5.82 Å². The first-order valence-electron chi connectivity index (χ1n) is 13.2. The van der Waals surface area contributed by atoms with Crippen LogP contribution in [-0.4, -0.2) is 24.9 Å². The van der Waals surface area contributed by atoms with Gasteiger partial charge >= 0.3 is 0 Å². The minimum atomic E-state index is 0.438. The number of rotatable bonds is 3. The van der Waals surface area contributed by atoms with Crippen LogP contribution in [-0.2, 0) is 0 Å². The van der Waals surface area contributed by atoms with Crippen LogP contribution in [0.3, 0.4) is 0 Å². The van der Waals surface area contributed by atoms with Crippen molar-refractivity contribution in [2.75, 3.05) is 0 Å². The van der Waals surface area contributed by atoms with Crippen molar-refractivity contribution in [2.45, 2.75) is 0 Å². The van der Waals surface area contributed by atoms with Gasteiger partial charge in [-0.15, -0.1) is 0 Å². The average molecular weight is 512 g/mol. The summed E-state index contributed by atoms with van der Waals surface area (Å²) in [6.45, 7) is 0. The van der Waals surface area contributed by atoms with E-state index in [0.29, 0.717) is 11.6 Å². The van der Waals surface area contributed by atoms with Crippen LogP contribution in [0, 0.1) is 0 Å². The standard InChI is InChI=1S/C35H21N5/c1-3-11-24-22(9-1)17-30(28-15-7-5-13-26(24)28)32-19-33(40-35(39-32)34-37-20-36-21-38-34)31-18-23-10-2-4-12-25(23)27-14-6-8-16-29(27)31/h1-21H. The maximum atomic E-state index is 5.03. The molecule has 186 valence electrons. The van der Waals surface area contributed by atoms with E-state index in [0.717, 1.165) is 44.1 Å². The van der Waals surface area contributed by atoms with Crippen molar-refractivity contribution < 1.29 is 0 Å². The summed E-state index contributed by atoms with van der Waals surface area (Å²) >= 11 is 0. The van der Waals surface area contributed by atoms with Crippen molar-refractivity contribution in [3.8, 4) is 34.2 Å². The maximum absolute atomic E-state index is 5.03. The number of fused-ring (bicyclic) bond motifs is 6. The highest BCUT2D eigenvalue weighted by molar-refractivity contribution is 6.15. The number of nitrogens with zero attached hydrogens (tertiary/aromatic N) is 5. The van der Waals surface area contributed by atoms with Gasteiger partial charge in [-0.05, 0) is 61.3 Å². The molecule has 0 aliphatic heterocycles. The molecule has 8 rings (SSSR count). The second kappa shape index (κ2) is 9.03.